The number of aromatic amines is 1. The van der Waals surface area contributed by atoms with Gasteiger partial charge in [-0.15, -0.1) is 0 Å². The third-order valence-electron chi connectivity index (χ3n) is 1.82. The van der Waals surface area contributed by atoms with Crippen molar-refractivity contribution in [1.29, 1.82) is 0 Å². The van der Waals surface area contributed by atoms with Gasteiger partial charge in [-0.1, -0.05) is 17.7 Å². The zero-order valence-electron chi connectivity index (χ0n) is 6.36. The fraction of sp³-hybridized carbons (Fsp3) is 0.125. The Morgan fingerprint density at radius 3 is 2.92 bits per heavy atom. The summed E-state index contributed by atoms with van der Waals surface area (Å²) in [4.78, 5) is 0. The number of hydrogen-bond acceptors (Lipinski definition) is 1. The monoisotopic (exact) mass is 184 g/mol. The molecule has 2 aromatic rings. The van der Waals surface area contributed by atoms with Crippen molar-refractivity contribution in [3.05, 3.63) is 28.7 Å². The predicted molar refractivity (Wildman–Crippen MR) is 45.8 cm³/mol. The molecule has 0 saturated carbocycles. The van der Waals surface area contributed by atoms with E-state index in [4.69, 9.17) is 11.6 Å². The van der Waals surface area contributed by atoms with Crippen molar-refractivity contribution < 1.29 is 4.39 Å². The number of nitrogens with zero attached hydrogens (tertiary/aromatic N) is 1. The van der Waals surface area contributed by atoms with E-state index in [1.54, 1.807) is 6.07 Å². The lowest BCUT2D eigenvalue weighted by atomic mass is 10.1. The normalized spacial score (nSPS) is 10.9. The molecule has 0 aliphatic heterocycles. The van der Waals surface area contributed by atoms with Crippen LogP contribution < -0.4 is 0 Å². The molecule has 2 rings (SSSR count). The number of aromatic nitrogens is 2. The van der Waals surface area contributed by atoms with Crippen molar-refractivity contribution in [2.75, 3.05) is 0 Å². The van der Waals surface area contributed by atoms with Crippen LogP contribution >= 0.6 is 11.6 Å². The van der Waals surface area contributed by atoms with Gasteiger partial charge >= 0.3 is 0 Å². The van der Waals surface area contributed by atoms with Crippen LogP contribution in [0.1, 0.15) is 5.56 Å². The van der Waals surface area contributed by atoms with Crippen LogP contribution in [0, 0.1) is 12.7 Å². The first-order valence-corrected chi connectivity index (χ1v) is 3.86. The van der Waals surface area contributed by atoms with Crippen LogP contribution in [-0.4, -0.2) is 10.2 Å². The predicted octanol–water partition coefficient (Wildman–Crippen LogP) is 2.66. The van der Waals surface area contributed by atoms with E-state index >= 15 is 0 Å². The van der Waals surface area contributed by atoms with Crippen molar-refractivity contribution in [2.45, 2.75) is 6.92 Å². The molecule has 0 fully saturated rings. The van der Waals surface area contributed by atoms with E-state index in [9.17, 15) is 4.39 Å². The lowest BCUT2D eigenvalue weighted by Crippen LogP contribution is -1.80. The smallest absolute Gasteiger partial charge is 0.151 e. The minimum Gasteiger partial charge on any atom is -0.266 e. The molecule has 0 bridgehead atoms. The molecule has 0 radical (unpaired) electrons. The summed E-state index contributed by atoms with van der Waals surface area (Å²) in [5, 5.41) is 7.33. The summed E-state index contributed by atoms with van der Waals surface area (Å²) in [5.74, 6) is -0.348. The Hall–Kier alpha value is -1.09. The molecule has 0 aliphatic carbocycles. The molecule has 0 saturated heterocycles. The lowest BCUT2D eigenvalue weighted by molar-refractivity contribution is 0.636. The molecule has 0 amide bonds. The Morgan fingerprint density at radius 2 is 2.25 bits per heavy atom. The van der Waals surface area contributed by atoms with Crippen LogP contribution in [0.2, 0.25) is 5.15 Å². The van der Waals surface area contributed by atoms with Gasteiger partial charge in [0.2, 0.25) is 0 Å². The van der Waals surface area contributed by atoms with Crippen LogP contribution in [-0.2, 0) is 0 Å². The molecule has 2 nitrogen and oxygen atoms in total. The quantitative estimate of drug-likeness (QED) is 0.670. The first-order valence-electron chi connectivity index (χ1n) is 3.49. The fourth-order valence-electron chi connectivity index (χ4n) is 1.21. The zero-order chi connectivity index (χ0) is 8.72. The van der Waals surface area contributed by atoms with Gasteiger partial charge in [-0.05, 0) is 18.6 Å². The van der Waals surface area contributed by atoms with Crippen molar-refractivity contribution >= 4 is 22.5 Å². The van der Waals surface area contributed by atoms with Crippen molar-refractivity contribution in [3.8, 4) is 0 Å². The number of rotatable bonds is 0. The van der Waals surface area contributed by atoms with Gasteiger partial charge in [0.05, 0.1) is 0 Å². The van der Waals surface area contributed by atoms with Crippen molar-refractivity contribution in [1.82, 2.24) is 10.2 Å². The molecule has 0 spiro atoms. The van der Waals surface area contributed by atoms with E-state index in [-0.39, 0.29) is 5.82 Å². The van der Waals surface area contributed by atoms with Crippen LogP contribution in [0.4, 0.5) is 4.39 Å². The summed E-state index contributed by atoms with van der Waals surface area (Å²) in [6.45, 7) is 1.86. The average Bonchev–Trinajstić information content (AvgIpc) is 2.42. The number of halogens is 2. The average molecular weight is 185 g/mol. The maximum absolute atomic E-state index is 13.0. The molecular formula is C8H6ClFN2. The number of nitrogens with one attached hydrogen (secondary N) is 1. The topological polar surface area (TPSA) is 28.7 Å². The molecule has 0 aliphatic rings. The number of benzene rings is 1. The summed E-state index contributed by atoms with van der Waals surface area (Å²) in [7, 11) is 0. The van der Waals surface area contributed by atoms with Gasteiger partial charge in [0.1, 0.15) is 10.7 Å². The fourth-order valence-corrected chi connectivity index (χ4v) is 1.49. The highest BCUT2D eigenvalue weighted by Crippen LogP contribution is 2.25. The molecule has 1 aromatic carbocycles. The van der Waals surface area contributed by atoms with Crippen LogP contribution in [0.3, 0.4) is 0 Å². The Kier molecular flexibility index (Phi) is 1.54. The number of aryl methyl sites for hydroxylation is 1. The van der Waals surface area contributed by atoms with Gasteiger partial charge in [0, 0.05) is 5.39 Å². The molecule has 0 unspecified atom stereocenters. The van der Waals surface area contributed by atoms with Gasteiger partial charge in [0.15, 0.2) is 5.82 Å². The zero-order valence-corrected chi connectivity index (χ0v) is 7.11. The summed E-state index contributed by atoms with van der Waals surface area (Å²) >= 11 is 5.77. The number of hydrogen-bond donors (Lipinski definition) is 1. The van der Waals surface area contributed by atoms with Gasteiger partial charge in [-0.2, -0.15) is 5.10 Å². The Bertz CT molecular complexity index is 436. The SMILES string of the molecule is Cc1ccc(F)c2n[nH]c(Cl)c12. The number of H-pyrrole nitrogens is 1. The molecule has 12 heavy (non-hydrogen) atoms. The minimum absolute atomic E-state index is 0.306. The highest BCUT2D eigenvalue weighted by atomic mass is 35.5. The first kappa shape index (κ1) is 7.55. The molecular weight excluding hydrogens is 179 g/mol. The largest absolute Gasteiger partial charge is 0.266 e. The molecule has 1 heterocycles. The molecule has 1 aromatic heterocycles. The highest BCUT2D eigenvalue weighted by Gasteiger charge is 2.09. The van der Waals surface area contributed by atoms with E-state index in [0.29, 0.717) is 16.1 Å². The van der Waals surface area contributed by atoms with Gasteiger partial charge < -0.3 is 0 Å². The first-order chi connectivity index (χ1) is 5.70. The molecule has 4 heteroatoms. The van der Waals surface area contributed by atoms with E-state index in [0.717, 1.165) is 5.56 Å². The Morgan fingerprint density at radius 1 is 1.50 bits per heavy atom. The second-order valence-electron chi connectivity index (χ2n) is 2.63. The summed E-state index contributed by atoms with van der Waals surface area (Å²) < 4.78 is 13.0. The maximum Gasteiger partial charge on any atom is 0.151 e. The summed E-state index contributed by atoms with van der Waals surface area (Å²) in [5.41, 5.74) is 1.23. The van der Waals surface area contributed by atoms with Crippen molar-refractivity contribution in [3.63, 3.8) is 0 Å². The van der Waals surface area contributed by atoms with E-state index < -0.39 is 0 Å². The van der Waals surface area contributed by atoms with E-state index in [1.807, 2.05) is 6.92 Å². The van der Waals surface area contributed by atoms with Crippen molar-refractivity contribution in [2.24, 2.45) is 0 Å². The van der Waals surface area contributed by atoms with Crippen LogP contribution in [0.15, 0.2) is 12.1 Å². The third-order valence-corrected chi connectivity index (χ3v) is 2.10. The number of fused-ring (bicyclic) bond motifs is 1. The minimum atomic E-state index is -0.348. The van der Waals surface area contributed by atoms with Crippen LogP contribution in [0.5, 0.6) is 0 Å². The second-order valence-corrected chi connectivity index (χ2v) is 3.00. The van der Waals surface area contributed by atoms with E-state index in [1.165, 1.54) is 6.07 Å². The molecule has 1 N–H and O–H groups in total. The Labute approximate surface area is 73.3 Å². The Balaban J connectivity index is 2.98. The highest BCUT2D eigenvalue weighted by molar-refractivity contribution is 6.34. The third kappa shape index (κ3) is 0.898. The standard InChI is InChI=1S/C8H6ClFN2/c1-4-2-3-5(10)7-6(4)8(9)12-11-7/h2-3H,1H3,(H,11,12). The van der Waals surface area contributed by atoms with E-state index in [2.05, 4.69) is 10.2 Å². The van der Waals surface area contributed by atoms with Gasteiger partial charge in [0.25, 0.3) is 0 Å². The van der Waals surface area contributed by atoms with Crippen LogP contribution in [0.25, 0.3) is 10.9 Å². The summed E-state index contributed by atoms with van der Waals surface area (Å²) in [6.07, 6.45) is 0. The molecule has 0 atom stereocenters. The second kappa shape index (κ2) is 2.45. The maximum atomic E-state index is 13.0. The summed E-state index contributed by atoms with van der Waals surface area (Å²) in [6, 6.07) is 3.06. The van der Waals surface area contributed by atoms with Gasteiger partial charge in [-0.3, -0.25) is 5.10 Å². The van der Waals surface area contributed by atoms with Gasteiger partial charge in [-0.25, -0.2) is 4.39 Å². The lowest BCUT2D eigenvalue weighted by Gasteiger charge is -1.94. The molecule has 62 valence electrons.